The highest BCUT2D eigenvalue weighted by atomic mass is 32.2. The zero-order valence-corrected chi connectivity index (χ0v) is 19.8. The Hall–Kier alpha value is -2.90. The molecule has 0 saturated carbocycles. The minimum atomic E-state index is -0.0414. The van der Waals surface area contributed by atoms with E-state index in [-0.39, 0.29) is 5.91 Å². The first-order chi connectivity index (χ1) is 15.6. The summed E-state index contributed by atoms with van der Waals surface area (Å²) in [6, 6.07) is 17.8. The van der Waals surface area contributed by atoms with E-state index < -0.39 is 0 Å². The number of hydrogen-bond acceptors (Lipinski definition) is 5. The van der Waals surface area contributed by atoms with Gasteiger partial charge in [0.05, 0.1) is 17.2 Å². The van der Waals surface area contributed by atoms with Crippen LogP contribution in [0.4, 0.5) is 0 Å². The monoisotopic (exact) mass is 463 g/mol. The van der Waals surface area contributed by atoms with Crippen molar-refractivity contribution in [1.29, 1.82) is 0 Å². The Morgan fingerprint density at radius 1 is 1.09 bits per heavy atom. The molecule has 1 aromatic heterocycles. The molecule has 2 aromatic carbocycles. The van der Waals surface area contributed by atoms with Gasteiger partial charge in [0.25, 0.3) is 5.91 Å². The molecule has 7 heteroatoms. The van der Waals surface area contributed by atoms with Crippen LogP contribution < -0.4 is 4.74 Å². The molecule has 1 fully saturated rings. The minimum absolute atomic E-state index is 0.0414. The van der Waals surface area contributed by atoms with E-state index in [1.807, 2.05) is 78.5 Å². The van der Waals surface area contributed by atoms with E-state index in [0.717, 1.165) is 41.1 Å². The average molecular weight is 464 g/mol. The van der Waals surface area contributed by atoms with Gasteiger partial charge < -0.3 is 4.74 Å². The van der Waals surface area contributed by atoms with E-state index >= 15 is 0 Å². The van der Waals surface area contributed by atoms with Gasteiger partial charge in [0.1, 0.15) is 15.8 Å². The summed E-state index contributed by atoms with van der Waals surface area (Å²) >= 11 is 6.78. The predicted octanol–water partition coefficient (Wildman–Crippen LogP) is 5.94. The Kier molecular flexibility index (Phi) is 7.07. The first-order valence-corrected chi connectivity index (χ1v) is 12.0. The van der Waals surface area contributed by atoms with Crippen LogP contribution in [0.25, 0.3) is 23.0 Å². The van der Waals surface area contributed by atoms with Crippen LogP contribution in [0, 0.1) is 0 Å². The summed E-state index contributed by atoms with van der Waals surface area (Å²) in [6.07, 6.45) is 5.66. The number of thiocarbonyl (C=S) groups is 1. The molecule has 0 aliphatic carbocycles. The molecule has 0 spiro atoms. The van der Waals surface area contributed by atoms with Crippen molar-refractivity contribution in [2.75, 3.05) is 13.2 Å². The Morgan fingerprint density at radius 3 is 2.66 bits per heavy atom. The number of ether oxygens (including phenoxy) is 1. The third kappa shape index (κ3) is 4.79. The number of nitrogens with zero attached hydrogens (tertiary/aromatic N) is 3. The largest absolute Gasteiger partial charge is 0.494 e. The zero-order chi connectivity index (χ0) is 22.5. The first-order valence-electron chi connectivity index (χ1n) is 10.7. The third-order valence-electron chi connectivity index (χ3n) is 4.95. The van der Waals surface area contributed by atoms with Crippen LogP contribution >= 0.6 is 24.0 Å². The fraction of sp³-hybridized carbons (Fsp3) is 0.240. The second-order valence-electron chi connectivity index (χ2n) is 7.42. The number of benzene rings is 2. The second-order valence-corrected chi connectivity index (χ2v) is 9.10. The first kappa shape index (κ1) is 22.3. The molecular weight excluding hydrogens is 438 g/mol. The Labute approximate surface area is 198 Å². The van der Waals surface area contributed by atoms with Gasteiger partial charge >= 0.3 is 0 Å². The fourth-order valence-electron chi connectivity index (χ4n) is 3.44. The number of carbonyl (C=O) groups excluding carboxylic acids is 1. The number of amides is 1. The van der Waals surface area contributed by atoms with Gasteiger partial charge in [0.2, 0.25) is 0 Å². The van der Waals surface area contributed by atoms with E-state index in [2.05, 4.69) is 6.92 Å². The van der Waals surface area contributed by atoms with Crippen LogP contribution in [0.5, 0.6) is 5.75 Å². The second kappa shape index (κ2) is 10.1. The van der Waals surface area contributed by atoms with Crippen molar-refractivity contribution in [1.82, 2.24) is 14.7 Å². The lowest BCUT2D eigenvalue weighted by molar-refractivity contribution is -0.122. The summed E-state index contributed by atoms with van der Waals surface area (Å²) in [5.74, 6) is 0.763. The van der Waals surface area contributed by atoms with Crippen molar-refractivity contribution >= 4 is 40.3 Å². The highest BCUT2D eigenvalue weighted by Crippen LogP contribution is 2.35. The van der Waals surface area contributed by atoms with Crippen LogP contribution in [0.3, 0.4) is 0 Å². The molecule has 1 amide bonds. The number of rotatable bonds is 8. The van der Waals surface area contributed by atoms with E-state index in [1.165, 1.54) is 11.8 Å². The Balaban J connectivity index is 1.77. The molecule has 2 heterocycles. The fourth-order valence-corrected chi connectivity index (χ4v) is 4.74. The smallest absolute Gasteiger partial charge is 0.266 e. The lowest BCUT2D eigenvalue weighted by atomic mass is 10.1. The van der Waals surface area contributed by atoms with Crippen molar-refractivity contribution < 1.29 is 9.53 Å². The van der Waals surface area contributed by atoms with Crippen LogP contribution in [0.2, 0.25) is 0 Å². The van der Waals surface area contributed by atoms with Crippen molar-refractivity contribution in [3.8, 4) is 22.7 Å². The van der Waals surface area contributed by atoms with Gasteiger partial charge in [0.15, 0.2) is 0 Å². The molecule has 32 heavy (non-hydrogen) atoms. The molecule has 1 aliphatic heterocycles. The molecule has 0 atom stereocenters. The van der Waals surface area contributed by atoms with Crippen LogP contribution in [0.15, 0.2) is 65.7 Å². The highest BCUT2D eigenvalue weighted by molar-refractivity contribution is 8.26. The van der Waals surface area contributed by atoms with E-state index in [4.69, 9.17) is 22.1 Å². The molecule has 164 valence electrons. The van der Waals surface area contributed by atoms with E-state index in [9.17, 15) is 4.79 Å². The van der Waals surface area contributed by atoms with Gasteiger partial charge in [-0.05, 0) is 43.2 Å². The van der Waals surface area contributed by atoms with Crippen LogP contribution in [0.1, 0.15) is 32.3 Å². The number of thioether (sulfide) groups is 1. The standard InChI is InChI=1S/C25H25N3O2S2/c1-3-13-27-24(29)22(32-25(27)31)16-19-17-28(20-10-6-5-7-11-20)26-23(19)18-9-8-12-21(15-18)30-14-4-2/h5-12,15-17H,3-4,13-14H2,1-2H3/b22-16-. The molecule has 4 rings (SSSR count). The van der Waals surface area contributed by atoms with Gasteiger partial charge in [-0.3, -0.25) is 9.69 Å². The summed E-state index contributed by atoms with van der Waals surface area (Å²) in [6.45, 7) is 5.42. The minimum Gasteiger partial charge on any atom is -0.494 e. The number of carbonyl (C=O) groups is 1. The van der Waals surface area contributed by atoms with Gasteiger partial charge in [-0.2, -0.15) is 5.10 Å². The van der Waals surface area contributed by atoms with Gasteiger partial charge in [-0.15, -0.1) is 0 Å². The number of aromatic nitrogens is 2. The van der Waals surface area contributed by atoms with Crippen molar-refractivity contribution in [3.63, 3.8) is 0 Å². The zero-order valence-electron chi connectivity index (χ0n) is 18.2. The van der Waals surface area contributed by atoms with Crippen LogP contribution in [-0.4, -0.2) is 38.1 Å². The lowest BCUT2D eigenvalue weighted by Crippen LogP contribution is -2.28. The third-order valence-corrected chi connectivity index (χ3v) is 6.33. The molecule has 1 aliphatic rings. The Bertz CT molecular complexity index is 1160. The summed E-state index contributed by atoms with van der Waals surface area (Å²) in [5, 5.41) is 4.86. The van der Waals surface area contributed by atoms with Crippen molar-refractivity contribution in [2.24, 2.45) is 0 Å². The maximum absolute atomic E-state index is 12.9. The molecule has 3 aromatic rings. The highest BCUT2D eigenvalue weighted by Gasteiger charge is 2.31. The van der Waals surface area contributed by atoms with Gasteiger partial charge in [0, 0.05) is 23.9 Å². The Morgan fingerprint density at radius 2 is 1.91 bits per heavy atom. The summed E-state index contributed by atoms with van der Waals surface area (Å²) < 4.78 is 8.27. The number of para-hydroxylation sites is 1. The molecule has 0 bridgehead atoms. The quantitative estimate of drug-likeness (QED) is 0.306. The number of hydrogen-bond donors (Lipinski definition) is 0. The molecule has 0 N–H and O–H groups in total. The topological polar surface area (TPSA) is 47.4 Å². The molecular formula is C25H25N3O2S2. The van der Waals surface area contributed by atoms with E-state index in [1.54, 1.807) is 4.90 Å². The van der Waals surface area contributed by atoms with Gasteiger partial charge in [-0.25, -0.2) is 4.68 Å². The lowest BCUT2D eigenvalue weighted by Gasteiger charge is -2.11. The molecule has 0 unspecified atom stereocenters. The molecule has 0 radical (unpaired) electrons. The summed E-state index contributed by atoms with van der Waals surface area (Å²) in [5.41, 5.74) is 3.53. The maximum atomic E-state index is 12.9. The SMILES string of the molecule is CCCOc1cccc(-c2nn(-c3ccccc3)cc2/C=C2\SC(=S)N(CCC)C2=O)c1. The summed E-state index contributed by atoms with van der Waals surface area (Å²) in [7, 11) is 0. The van der Waals surface area contributed by atoms with Crippen LogP contribution in [-0.2, 0) is 4.79 Å². The average Bonchev–Trinajstić information content (AvgIpc) is 3.35. The molecule has 1 saturated heterocycles. The normalized spacial score (nSPS) is 15.1. The summed E-state index contributed by atoms with van der Waals surface area (Å²) in [4.78, 5) is 15.2. The van der Waals surface area contributed by atoms with Gasteiger partial charge in [-0.1, -0.05) is 68.2 Å². The van der Waals surface area contributed by atoms with Crippen molar-refractivity contribution in [3.05, 3.63) is 71.3 Å². The van der Waals surface area contributed by atoms with E-state index in [0.29, 0.717) is 22.4 Å². The predicted molar refractivity (Wildman–Crippen MR) is 135 cm³/mol. The van der Waals surface area contributed by atoms with Crippen molar-refractivity contribution in [2.45, 2.75) is 26.7 Å². The maximum Gasteiger partial charge on any atom is 0.266 e. The molecule has 5 nitrogen and oxygen atoms in total.